The maximum Gasteiger partial charge on any atom is 0.405 e. The van der Waals surface area contributed by atoms with E-state index < -0.39 is 23.9 Å². The number of nitrogens with two attached hydrogens (primary N) is 1. The Morgan fingerprint density at radius 1 is 1.59 bits per heavy atom. The third kappa shape index (κ3) is 3.89. The van der Waals surface area contributed by atoms with E-state index in [4.69, 9.17) is 11.0 Å². The van der Waals surface area contributed by atoms with Gasteiger partial charge in [0.2, 0.25) is 5.91 Å². The number of nitrogens with zero attached hydrogens (tertiary/aromatic N) is 2. The van der Waals surface area contributed by atoms with Crippen LogP contribution in [0.2, 0.25) is 0 Å². The minimum absolute atomic E-state index is 0.212. The van der Waals surface area contributed by atoms with Gasteiger partial charge < -0.3 is 10.6 Å². The average molecular weight is 249 g/mol. The summed E-state index contributed by atoms with van der Waals surface area (Å²) in [4.78, 5) is 12.4. The van der Waals surface area contributed by atoms with E-state index in [1.165, 1.54) is 11.0 Å². The predicted molar refractivity (Wildman–Crippen MR) is 53.5 cm³/mol. The van der Waals surface area contributed by atoms with E-state index in [2.05, 4.69) is 0 Å². The number of piperidine rings is 1. The van der Waals surface area contributed by atoms with Crippen LogP contribution in [0.5, 0.6) is 0 Å². The number of hydrogen-bond acceptors (Lipinski definition) is 3. The van der Waals surface area contributed by atoms with Gasteiger partial charge in [-0.3, -0.25) is 4.79 Å². The first-order valence-corrected chi connectivity index (χ1v) is 5.32. The molecule has 4 nitrogen and oxygen atoms in total. The summed E-state index contributed by atoms with van der Waals surface area (Å²) in [5, 5.41) is 8.48. The van der Waals surface area contributed by atoms with E-state index in [1.807, 2.05) is 0 Å². The SMILES string of the molecule is N#CC(CN1CCCC(C(N)=O)C1)C(F)(F)F. The second-order valence-electron chi connectivity index (χ2n) is 4.22. The molecule has 1 aliphatic heterocycles. The van der Waals surface area contributed by atoms with Crippen LogP contribution in [0.15, 0.2) is 0 Å². The highest BCUT2D eigenvalue weighted by Gasteiger charge is 2.41. The van der Waals surface area contributed by atoms with E-state index in [0.29, 0.717) is 19.4 Å². The molecule has 0 aliphatic carbocycles. The molecule has 7 heteroatoms. The Labute approximate surface area is 97.2 Å². The Morgan fingerprint density at radius 3 is 2.71 bits per heavy atom. The van der Waals surface area contributed by atoms with Gasteiger partial charge in [0.25, 0.3) is 0 Å². The Bertz CT molecular complexity index is 324. The summed E-state index contributed by atoms with van der Waals surface area (Å²) < 4.78 is 37.2. The number of rotatable bonds is 3. The minimum Gasteiger partial charge on any atom is -0.369 e. The van der Waals surface area contributed by atoms with Crippen molar-refractivity contribution in [2.24, 2.45) is 17.6 Å². The number of alkyl halides is 3. The summed E-state index contributed by atoms with van der Waals surface area (Å²) in [5.74, 6) is -2.90. The first-order valence-electron chi connectivity index (χ1n) is 5.32. The third-order valence-corrected chi connectivity index (χ3v) is 2.90. The molecule has 0 aromatic carbocycles. The van der Waals surface area contributed by atoms with Crippen molar-refractivity contribution in [3.63, 3.8) is 0 Å². The number of halogens is 3. The lowest BCUT2D eigenvalue weighted by Gasteiger charge is -2.32. The number of carbonyl (C=O) groups is 1. The van der Waals surface area contributed by atoms with Crippen LogP contribution in [0, 0.1) is 23.2 Å². The van der Waals surface area contributed by atoms with Crippen LogP contribution in [-0.2, 0) is 4.79 Å². The van der Waals surface area contributed by atoms with Crippen LogP contribution in [0.3, 0.4) is 0 Å². The molecule has 0 spiro atoms. The summed E-state index contributed by atoms with van der Waals surface area (Å²) >= 11 is 0. The Hall–Kier alpha value is -1.29. The molecule has 0 radical (unpaired) electrons. The zero-order valence-corrected chi connectivity index (χ0v) is 9.20. The Balaban J connectivity index is 2.57. The molecule has 2 atom stereocenters. The van der Waals surface area contributed by atoms with Gasteiger partial charge in [-0.2, -0.15) is 18.4 Å². The maximum absolute atomic E-state index is 12.4. The zero-order chi connectivity index (χ0) is 13.1. The van der Waals surface area contributed by atoms with Gasteiger partial charge in [0, 0.05) is 13.1 Å². The average Bonchev–Trinajstić information content (AvgIpc) is 2.24. The van der Waals surface area contributed by atoms with Gasteiger partial charge in [-0.15, -0.1) is 0 Å². The topological polar surface area (TPSA) is 70.1 Å². The number of carbonyl (C=O) groups excluding carboxylic acids is 1. The third-order valence-electron chi connectivity index (χ3n) is 2.90. The molecule has 1 saturated heterocycles. The molecule has 1 amide bonds. The van der Waals surface area contributed by atoms with E-state index in [1.54, 1.807) is 0 Å². The number of primary amides is 1. The van der Waals surface area contributed by atoms with E-state index in [9.17, 15) is 18.0 Å². The van der Waals surface area contributed by atoms with Crippen LogP contribution < -0.4 is 5.73 Å². The molecule has 0 aromatic rings. The summed E-state index contributed by atoms with van der Waals surface area (Å²) in [6.07, 6.45) is -3.28. The first-order chi connectivity index (χ1) is 7.84. The summed E-state index contributed by atoms with van der Waals surface area (Å²) in [7, 11) is 0. The lowest BCUT2D eigenvalue weighted by molar-refractivity contribution is -0.164. The normalized spacial score (nSPS) is 24.0. The Morgan fingerprint density at radius 2 is 2.24 bits per heavy atom. The van der Waals surface area contributed by atoms with Crippen molar-refractivity contribution < 1.29 is 18.0 Å². The molecule has 96 valence electrons. The lowest BCUT2D eigenvalue weighted by atomic mass is 9.96. The monoisotopic (exact) mass is 249 g/mol. The second kappa shape index (κ2) is 5.36. The van der Waals surface area contributed by atoms with E-state index >= 15 is 0 Å². The maximum atomic E-state index is 12.4. The van der Waals surface area contributed by atoms with Crippen molar-refractivity contribution in [1.82, 2.24) is 4.90 Å². The molecule has 0 bridgehead atoms. The van der Waals surface area contributed by atoms with Gasteiger partial charge in [-0.1, -0.05) is 0 Å². The zero-order valence-electron chi connectivity index (χ0n) is 9.20. The second-order valence-corrected chi connectivity index (χ2v) is 4.22. The highest BCUT2D eigenvalue weighted by molar-refractivity contribution is 5.76. The fraction of sp³-hybridized carbons (Fsp3) is 0.800. The summed E-state index contributed by atoms with van der Waals surface area (Å²) in [5.41, 5.74) is 5.13. The fourth-order valence-electron chi connectivity index (χ4n) is 1.93. The van der Waals surface area contributed by atoms with Crippen LogP contribution in [0.1, 0.15) is 12.8 Å². The molecule has 2 N–H and O–H groups in total. The van der Waals surface area contributed by atoms with Gasteiger partial charge in [0.05, 0.1) is 12.0 Å². The van der Waals surface area contributed by atoms with Crippen LogP contribution in [0.4, 0.5) is 13.2 Å². The predicted octanol–water partition coefficient (Wildman–Crippen LogP) is 0.886. The van der Waals surface area contributed by atoms with Gasteiger partial charge >= 0.3 is 6.18 Å². The lowest BCUT2D eigenvalue weighted by Crippen LogP contribution is -2.45. The van der Waals surface area contributed by atoms with Crippen molar-refractivity contribution in [3.05, 3.63) is 0 Å². The first kappa shape index (κ1) is 13.8. The standard InChI is InChI=1S/C10H14F3N3O/c11-10(12,13)8(4-14)6-16-3-1-2-7(5-16)9(15)17/h7-8H,1-3,5-6H2,(H2,15,17). The number of likely N-dealkylation sites (tertiary alicyclic amines) is 1. The number of amides is 1. The van der Waals surface area contributed by atoms with E-state index in [-0.39, 0.29) is 13.1 Å². The molecule has 0 aromatic heterocycles. The fourth-order valence-corrected chi connectivity index (χ4v) is 1.93. The molecule has 2 unspecified atom stereocenters. The van der Waals surface area contributed by atoms with Gasteiger partial charge in [-0.05, 0) is 19.4 Å². The van der Waals surface area contributed by atoms with Crippen molar-refractivity contribution in [2.75, 3.05) is 19.6 Å². The molecule has 1 heterocycles. The largest absolute Gasteiger partial charge is 0.405 e. The molecular weight excluding hydrogens is 235 g/mol. The molecular formula is C10H14F3N3O. The highest BCUT2D eigenvalue weighted by Crippen LogP contribution is 2.27. The number of nitriles is 1. The van der Waals surface area contributed by atoms with Crippen LogP contribution in [-0.4, -0.2) is 36.6 Å². The van der Waals surface area contributed by atoms with Crippen molar-refractivity contribution in [2.45, 2.75) is 19.0 Å². The van der Waals surface area contributed by atoms with E-state index in [0.717, 1.165) is 0 Å². The quantitative estimate of drug-likeness (QED) is 0.807. The highest BCUT2D eigenvalue weighted by atomic mass is 19.4. The van der Waals surface area contributed by atoms with Crippen LogP contribution >= 0.6 is 0 Å². The van der Waals surface area contributed by atoms with Crippen molar-refractivity contribution in [1.29, 1.82) is 5.26 Å². The van der Waals surface area contributed by atoms with Gasteiger partial charge in [0.1, 0.15) is 0 Å². The molecule has 1 rings (SSSR count). The molecule has 0 saturated carbocycles. The Kier molecular flexibility index (Phi) is 4.34. The van der Waals surface area contributed by atoms with Gasteiger partial charge in [0.15, 0.2) is 5.92 Å². The summed E-state index contributed by atoms with van der Waals surface area (Å²) in [6.45, 7) is 0.297. The molecule has 1 fully saturated rings. The minimum atomic E-state index is -4.52. The van der Waals surface area contributed by atoms with Crippen LogP contribution in [0.25, 0.3) is 0 Å². The number of hydrogen-bond donors (Lipinski definition) is 1. The van der Waals surface area contributed by atoms with Gasteiger partial charge in [-0.25, -0.2) is 0 Å². The van der Waals surface area contributed by atoms with Crippen molar-refractivity contribution in [3.8, 4) is 6.07 Å². The molecule has 1 aliphatic rings. The smallest absolute Gasteiger partial charge is 0.369 e. The van der Waals surface area contributed by atoms with Crippen molar-refractivity contribution >= 4 is 5.91 Å². The molecule has 17 heavy (non-hydrogen) atoms. The summed E-state index contributed by atoms with van der Waals surface area (Å²) in [6, 6.07) is 1.25.